The number of hydrogen-bond acceptors (Lipinski definition) is 1. The summed E-state index contributed by atoms with van der Waals surface area (Å²) in [6.45, 7) is 3.16. The molecule has 0 aromatic heterocycles. The molecule has 0 spiro atoms. The second kappa shape index (κ2) is 3.62. The van der Waals surface area contributed by atoms with Crippen molar-refractivity contribution < 1.29 is 5.11 Å². The Hall–Kier alpha value is -1.36. The lowest BCUT2D eigenvalue weighted by Crippen LogP contribution is -2.14. The van der Waals surface area contributed by atoms with Crippen LogP contribution in [0.4, 0.5) is 0 Å². The number of hydrogen-bond donors (Lipinski definition) is 1. The molecule has 0 atom stereocenters. The lowest BCUT2D eigenvalue weighted by Gasteiger charge is -2.04. The quantitative estimate of drug-likeness (QED) is 0.473. The summed E-state index contributed by atoms with van der Waals surface area (Å²) in [7, 11) is 0. The summed E-state index contributed by atoms with van der Waals surface area (Å²) in [4.78, 5) is 0. The van der Waals surface area contributed by atoms with E-state index in [2.05, 4.69) is 29.6 Å². The molecule has 1 nitrogen and oxygen atoms in total. The molecule has 0 aliphatic rings. The molecule has 0 aliphatic heterocycles. The van der Waals surface area contributed by atoms with Crippen LogP contribution in [0.15, 0.2) is 0 Å². The SMILES string of the molecule is C#CC#CC#CC(C)(C)O. The Labute approximate surface area is 61.5 Å². The highest BCUT2D eigenvalue weighted by atomic mass is 16.3. The molecule has 0 aromatic carbocycles. The summed E-state index contributed by atoms with van der Waals surface area (Å²) in [6.07, 6.45) is 4.82. The van der Waals surface area contributed by atoms with Gasteiger partial charge in [0.05, 0.1) is 0 Å². The molecule has 0 unspecified atom stereocenters. The average Bonchev–Trinajstić information content (AvgIpc) is 1.78. The Kier molecular flexibility index (Phi) is 3.13. The standard InChI is InChI=1S/C9H8O/c1-4-5-6-7-8-9(2,3)10/h1,10H,2-3H3. The lowest BCUT2D eigenvalue weighted by atomic mass is 10.1. The summed E-state index contributed by atoms with van der Waals surface area (Å²) >= 11 is 0. The Morgan fingerprint density at radius 1 is 1.20 bits per heavy atom. The molecule has 1 N–H and O–H groups in total. The van der Waals surface area contributed by atoms with Gasteiger partial charge in [-0.05, 0) is 37.5 Å². The third kappa shape index (κ3) is 6.64. The molecule has 0 saturated heterocycles. The molecule has 1 heteroatoms. The molecule has 0 fully saturated rings. The maximum atomic E-state index is 9.02. The zero-order valence-corrected chi connectivity index (χ0v) is 6.02. The van der Waals surface area contributed by atoms with Crippen LogP contribution in [0.3, 0.4) is 0 Å². The summed E-state index contributed by atoms with van der Waals surface area (Å²) in [5.41, 5.74) is -0.983. The largest absolute Gasteiger partial charge is 0.378 e. The van der Waals surface area contributed by atoms with Gasteiger partial charge < -0.3 is 5.11 Å². The summed E-state index contributed by atoms with van der Waals surface area (Å²) in [5, 5.41) is 9.02. The fraction of sp³-hybridized carbons (Fsp3) is 0.333. The van der Waals surface area contributed by atoms with Gasteiger partial charge >= 0.3 is 0 Å². The lowest BCUT2D eigenvalue weighted by molar-refractivity contribution is 0.143. The van der Waals surface area contributed by atoms with Gasteiger partial charge in [0.15, 0.2) is 0 Å². The van der Waals surface area contributed by atoms with E-state index in [0.717, 1.165) is 0 Å². The molecule has 0 saturated carbocycles. The summed E-state index contributed by atoms with van der Waals surface area (Å²) in [6, 6.07) is 0. The van der Waals surface area contributed by atoms with E-state index in [4.69, 9.17) is 11.5 Å². The van der Waals surface area contributed by atoms with Crippen LogP contribution >= 0.6 is 0 Å². The Morgan fingerprint density at radius 2 is 1.80 bits per heavy atom. The van der Waals surface area contributed by atoms with Gasteiger partial charge in [-0.15, -0.1) is 6.42 Å². The third-order valence-electron chi connectivity index (χ3n) is 0.566. The molecule has 0 rings (SSSR count). The highest BCUT2D eigenvalue weighted by Crippen LogP contribution is 1.95. The van der Waals surface area contributed by atoms with Crippen molar-refractivity contribution in [3.63, 3.8) is 0 Å². The van der Waals surface area contributed by atoms with Crippen molar-refractivity contribution in [3.8, 4) is 36.0 Å². The van der Waals surface area contributed by atoms with Gasteiger partial charge in [0.1, 0.15) is 5.60 Å². The molecule has 0 aliphatic carbocycles. The van der Waals surface area contributed by atoms with Crippen molar-refractivity contribution in [2.24, 2.45) is 0 Å². The molecule has 50 valence electrons. The zero-order valence-electron chi connectivity index (χ0n) is 6.02. The van der Waals surface area contributed by atoms with Crippen LogP contribution in [0.25, 0.3) is 0 Å². The fourth-order valence-electron chi connectivity index (χ4n) is 0.252. The van der Waals surface area contributed by atoms with E-state index >= 15 is 0 Å². The van der Waals surface area contributed by atoms with E-state index < -0.39 is 5.60 Å². The van der Waals surface area contributed by atoms with Gasteiger partial charge in [-0.1, -0.05) is 5.92 Å². The van der Waals surface area contributed by atoms with Crippen molar-refractivity contribution in [3.05, 3.63) is 0 Å². The molecular weight excluding hydrogens is 124 g/mol. The van der Waals surface area contributed by atoms with Gasteiger partial charge in [-0.25, -0.2) is 0 Å². The highest BCUT2D eigenvalue weighted by Gasteiger charge is 2.04. The first kappa shape index (κ1) is 8.64. The van der Waals surface area contributed by atoms with Gasteiger partial charge in [-0.3, -0.25) is 0 Å². The van der Waals surface area contributed by atoms with E-state index in [-0.39, 0.29) is 0 Å². The van der Waals surface area contributed by atoms with E-state index in [1.54, 1.807) is 13.8 Å². The van der Waals surface area contributed by atoms with Crippen LogP contribution in [0, 0.1) is 36.0 Å². The smallest absolute Gasteiger partial charge is 0.120 e. The molecule has 0 bridgehead atoms. The second-order valence-corrected chi connectivity index (χ2v) is 2.20. The first-order valence-electron chi connectivity index (χ1n) is 2.76. The van der Waals surface area contributed by atoms with Crippen LogP contribution < -0.4 is 0 Å². The maximum absolute atomic E-state index is 9.02. The Morgan fingerprint density at radius 3 is 2.20 bits per heavy atom. The maximum Gasteiger partial charge on any atom is 0.120 e. The van der Waals surface area contributed by atoms with Crippen molar-refractivity contribution in [1.82, 2.24) is 0 Å². The molecule has 0 heterocycles. The molecule has 0 aromatic rings. The Balaban J connectivity index is 4.10. The van der Waals surface area contributed by atoms with E-state index in [0.29, 0.717) is 0 Å². The molecule has 0 amide bonds. The van der Waals surface area contributed by atoms with Crippen LogP contribution in [0.2, 0.25) is 0 Å². The summed E-state index contributed by atoms with van der Waals surface area (Å²) < 4.78 is 0. The van der Waals surface area contributed by atoms with Crippen LogP contribution in [0.1, 0.15) is 13.8 Å². The predicted octanol–water partition coefficient (Wildman–Crippen LogP) is 0.397. The van der Waals surface area contributed by atoms with Crippen molar-refractivity contribution in [1.29, 1.82) is 0 Å². The van der Waals surface area contributed by atoms with Crippen LogP contribution in [0.5, 0.6) is 0 Å². The summed E-state index contributed by atoms with van der Waals surface area (Å²) in [5.74, 6) is 11.7. The highest BCUT2D eigenvalue weighted by molar-refractivity contribution is 5.35. The molecule has 10 heavy (non-hydrogen) atoms. The van der Waals surface area contributed by atoms with Crippen molar-refractivity contribution in [2.75, 3.05) is 0 Å². The van der Waals surface area contributed by atoms with E-state index in [1.165, 1.54) is 0 Å². The minimum Gasteiger partial charge on any atom is -0.378 e. The monoisotopic (exact) mass is 132 g/mol. The van der Waals surface area contributed by atoms with Crippen molar-refractivity contribution >= 4 is 0 Å². The minimum atomic E-state index is -0.983. The second-order valence-electron chi connectivity index (χ2n) is 2.20. The van der Waals surface area contributed by atoms with Gasteiger partial charge in [0, 0.05) is 0 Å². The van der Waals surface area contributed by atoms with Gasteiger partial charge in [0.25, 0.3) is 0 Å². The molecule has 0 radical (unpaired) electrons. The van der Waals surface area contributed by atoms with E-state index in [1.807, 2.05) is 0 Å². The number of terminal acetylenes is 1. The average molecular weight is 132 g/mol. The minimum absolute atomic E-state index is 0.983. The van der Waals surface area contributed by atoms with Gasteiger partial charge in [0.2, 0.25) is 0 Å². The number of rotatable bonds is 0. The first-order chi connectivity index (χ1) is 4.56. The van der Waals surface area contributed by atoms with Gasteiger partial charge in [-0.2, -0.15) is 0 Å². The normalized spacial score (nSPS) is 7.80. The first-order valence-corrected chi connectivity index (χ1v) is 2.76. The fourth-order valence-corrected chi connectivity index (χ4v) is 0.252. The van der Waals surface area contributed by atoms with Crippen LogP contribution in [-0.2, 0) is 0 Å². The predicted molar refractivity (Wildman–Crippen MR) is 40.7 cm³/mol. The third-order valence-corrected chi connectivity index (χ3v) is 0.566. The number of aliphatic hydroxyl groups is 1. The van der Waals surface area contributed by atoms with E-state index in [9.17, 15) is 0 Å². The molecular formula is C9H8O. The van der Waals surface area contributed by atoms with Crippen molar-refractivity contribution in [2.45, 2.75) is 19.4 Å². The topological polar surface area (TPSA) is 20.2 Å². The zero-order chi connectivity index (χ0) is 8.04. The van der Waals surface area contributed by atoms with Crippen LogP contribution in [-0.4, -0.2) is 10.7 Å². The Bertz CT molecular complexity index is 252.